The summed E-state index contributed by atoms with van der Waals surface area (Å²) in [4.78, 5) is 10.4. The highest BCUT2D eigenvalue weighted by Crippen LogP contribution is 2.17. The predicted molar refractivity (Wildman–Crippen MR) is 78.8 cm³/mol. The summed E-state index contributed by atoms with van der Waals surface area (Å²) in [6.07, 6.45) is 3.26. The van der Waals surface area contributed by atoms with Crippen LogP contribution in [0.15, 0.2) is 24.3 Å². The SMILES string of the molecule is CC(C)CCOCCOc1cc(F)cc(/C=C/C(=O)O)c1. The molecule has 0 unspecified atom stereocenters. The van der Waals surface area contributed by atoms with Gasteiger partial charge in [-0.3, -0.25) is 0 Å². The van der Waals surface area contributed by atoms with E-state index in [1.165, 1.54) is 18.2 Å². The number of halogens is 1. The fourth-order valence-electron chi connectivity index (χ4n) is 1.57. The molecule has 21 heavy (non-hydrogen) atoms. The third kappa shape index (κ3) is 8.09. The van der Waals surface area contributed by atoms with Crippen molar-refractivity contribution in [1.82, 2.24) is 0 Å². The fraction of sp³-hybridized carbons (Fsp3) is 0.438. The van der Waals surface area contributed by atoms with Crippen LogP contribution in [0.25, 0.3) is 6.08 Å². The number of carboxylic acid groups (broad SMARTS) is 1. The maximum Gasteiger partial charge on any atom is 0.328 e. The molecule has 0 aliphatic carbocycles. The number of hydrogen-bond acceptors (Lipinski definition) is 3. The first kappa shape index (κ1) is 17.2. The first-order chi connectivity index (χ1) is 9.97. The molecule has 0 saturated heterocycles. The largest absolute Gasteiger partial charge is 0.491 e. The van der Waals surface area contributed by atoms with E-state index >= 15 is 0 Å². The first-order valence-corrected chi connectivity index (χ1v) is 6.89. The standard InChI is InChI=1S/C16H21FO4/c1-12(2)5-6-20-7-8-21-15-10-13(3-4-16(18)19)9-14(17)11-15/h3-4,9-12H,5-8H2,1-2H3,(H,18,19)/b4-3+. The van der Waals surface area contributed by atoms with Crippen molar-refractivity contribution >= 4 is 12.0 Å². The smallest absolute Gasteiger partial charge is 0.328 e. The monoisotopic (exact) mass is 296 g/mol. The average Bonchev–Trinajstić information content (AvgIpc) is 2.39. The molecule has 0 amide bonds. The van der Waals surface area contributed by atoms with Crippen molar-refractivity contribution in [2.45, 2.75) is 20.3 Å². The maximum absolute atomic E-state index is 13.4. The molecule has 0 radical (unpaired) electrons. The zero-order chi connectivity index (χ0) is 15.7. The number of ether oxygens (including phenoxy) is 2. The molecule has 0 fully saturated rings. The van der Waals surface area contributed by atoms with Crippen molar-refractivity contribution in [1.29, 1.82) is 0 Å². The topological polar surface area (TPSA) is 55.8 Å². The summed E-state index contributed by atoms with van der Waals surface area (Å²) in [5, 5.41) is 8.55. The van der Waals surface area contributed by atoms with Crippen molar-refractivity contribution in [2.24, 2.45) is 5.92 Å². The number of rotatable bonds is 9. The zero-order valence-corrected chi connectivity index (χ0v) is 12.3. The number of carboxylic acids is 1. The zero-order valence-electron chi connectivity index (χ0n) is 12.3. The average molecular weight is 296 g/mol. The molecule has 5 heteroatoms. The van der Waals surface area contributed by atoms with E-state index in [4.69, 9.17) is 14.6 Å². The molecule has 0 heterocycles. The second kappa shape index (κ2) is 9.13. The van der Waals surface area contributed by atoms with Crippen molar-refractivity contribution in [3.05, 3.63) is 35.7 Å². The van der Waals surface area contributed by atoms with E-state index in [2.05, 4.69) is 13.8 Å². The highest BCUT2D eigenvalue weighted by molar-refractivity contribution is 5.85. The summed E-state index contributed by atoms with van der Waals surface area (Å²) in [6.45, 7) is 5.68. The van der Waals surface area contributed by atoms with E-state index < -0.39 is 11.8 Å². The quantitative estimate of drug-likeness (QED) is 0.561. The Balaban J connectivity index is 2.42. The van der Waals surface area contributed by atoms with Crippen LogP contribution >= 0.6 is 0 Å². The van der Waals surface area contributed by atoms with Crippen LogP contribution in [0.5, 0.6) is 5.75 Å². The van der Waals surface area contributed by atoms with Crippen LogP contribution in [0.2, 0.25) is 0 Å². The van der Waals surface area contributed by atoms with Gasteiger partial charge >= 0.3 is 5.97 Å². The molecule has 0 atom stereocenters. The molecular formula is C16H21FO4. The Labute approximate surface area is 124 Å². The second-order valence-corrected chi connectivity index (χ2v) is 5.04. The summed E-state index contributed by atoms with van der Waals surface area (Å²) in [7, 11) is 0. The molecule has 0 aliphatic heterocycles. The van der Waals surface area contributed by atoms with Crippen LogP contribution < -0.4 is 4.74 Å². The van der Waals surface area contributed by atoms with E-state index in [9.17, 15) is 9.18 Å². The summed E-state index contributed by atoms with van der Waals surface area (Å²) < 4.78 is 24.2. The molecule has 0 aromatic heterocycles. The van der Waals surface area contributed by atoms with Crippen LogP contribution in [0.4, 0.5) is 4.39 Å². The summed E-state index contributed by atoms with van der Waals surface area (Å²) in [5.41, 5.74) is 0.438. The van der Waals surface area contributed by atoms with Gasteiger partial charge in [-0.25, -0.2) is 9.18 Å². The van der Waals surface area contributed by atoms with Gasteiger partial charge in [0, 0.05) is 18.7 Å². The van der Waals surface area contributed by atoms with Gasteiger partial charge in [-0.15, -0.1) is 0 Å². The molecule has 1 N–H and O–H groups in total. The molecule has 1 aromatic carbocycles. The Morgan fingerprint density at radius 3 is 2.71 bits per heavy atom. The molecule has 0 saturated carbocycles. The van der Waals surface area contributed by atoms with E-state index in [-0.39, 0.29) is 0 Å². The minimum absolute atomic E-state index is 0.323. The second-order valence-electron chi connectivity index (χ2n) is 5.04. The number of carbonyl (C=O) groups is 1. The van der Waals surface area contributed by atoms with Gasteiger partial charge in [0.05, 0.1) is 6.61 Å². The van der Waals surface area contributed by atoms with Crippen molar-refractivity contribution in [2.75, 3.05) is 19.8 Å². The van der Waals surface area contributed by atoms with E-state index in [1.807, 2.05) is 0 Å². The molecule has 1 rings (SSSR count). The van der Waals surface area contributed by atoms with E-state index in [1.54, 1.807) is 6.07 Å². The first-order valence-electron chi connectivity index (χ1n) is 6.89. The molecule has 4 nitrogen and oxygen atoms in total. The van der Waals surface area contributed by atoms with Crippen LogP contribution in [0.3, 0.4) is 0 Å². The highest BCUT2D eigenvalue weighted by Gasteiger charge is 2.01. The number of hydrogen-bond donors (Lipinski definition) is 1. The maximum atomic E-state index is 13.4. The molecule has 0 spiro atoms. The Morgan fingerprint density at radius 2 is 2.05 bits per heavy atom. The highest BCUT2D eigenvalue weighted by atomic mass is 19.1. The minimum Gasteiger partial charge on any atom is -0.491 e. The van der Waals surface area contributed by atoms with Gasteiger partial charge in [-0.05, 0) is 36.1 Å². The minimum atomic E-state index is -1.08. The van der Waals surface area contributed by atoms with Crippen molar-refractivity contribution in [3.63, 3.8) is 0 Å². The van der Waals surface area contributed by atoms with Gasteiger partial charge in [-0.2, -0.15) is 0 Å². The molecule has 116 valence electrons. The summed E-state index contributed by atoms with van der Waals surface area (Å²) >= 11 is 0. The van der Waals surface area contributed by atoms with Crippen LogP contribution in [0, 0.1) is 11.7 Å². The molecule has 0 bridgehead atoms. The van der Waals surface area contributed by atoms with E-state index in [0.717, 1.165) is 12.5 Å². The normalized spacial score (nSPS) is 11.2. The van der Waals surface area contributed by atoms with Crippen LogP contribution in [-0.2, 0) is 9.53 Å². The number of aliphatic carboxylic acids is 1. The third-order valence-corrected chi connectivity index (χ3v) is 2.65. The van der Waals surface area contributed by atoms with Crippen molar-refractivity contribution < 1.29 is 23.8 Å². The van der Waals surface area contributed by atoms with Gasteiger partial charge in [0.1, 0.15) is 18.2 Å². The Kier molecular flexibility index (Phi) is 7.46. The van der Waals surface area contributed by atoms with Gasteiger partial charge < -0.3 is 14.6 Å². The molecular weight excluding hydrogens is 275 g/mol. The number of benzene rings is 1. The summed E-state index contributed by atoms with van der Waals surface area (Å²) in [6, 6.07) is 4.08. The summed E-state index contributed by atoms with van der Waals surface area (Å²) in [5.74, 6) is -0.608. The Bertz CT molecular complexity index is 483. The Hall–Kier alpha value is -1.88. The predicted octanol–water partition coefficient (Wildman–Crippen LogP) is 3.37. The van der Waals surface area contributed by atoms with Crippen molar-refractivity contribution in [3.8, 4) is 5.75 Å². The third-order valence-electron chi connectivity index (χ3n) is 2.65. The molecule has 0 aliphatic rings. The van der Waals surface area contributed by atoms with Gasteiger partial charge in [0.2, 0.25) is 0 Å². The Morgan fingerprint density at radius 1 is 1.29 bits per heavy atom. The lowest BCUT2D eigenvalue weighted by molar-refractivity contribution is -0.131. The van der Waals surface area contributed by atoms with Crippen LogP contribution in [0.1, 0.15) is 25.8 Å². The lowest BCUT2D eigenvalue weighted by atomic mass is 10.1. The van der Waals surface area contributed by atoms with E-state index in [0.29, 0.717) is 37.1 Å². The fourth-order valence-corrected chi connectivity index (χ4v) is 1.57. The van der Waals surface area contributed by atoms with Gasteiger partial charge in [-0.1, -0.05) is 13.8 Å². The lowest BCUT2D eigenvalue weighted by Gasteiger charge is -2.09. The lowest BCUT2D eigenvalue weighted by Crippen LogP contribution is -2.08. The molecule has 1 aromatic rings. The van der Waals surface area contributed by atoms with Crippen LogP contribution in [-0.4, -0.2) is 30.9 Å². The van der Waals surface area contributed by atoms with Gasteiger partial charge in [0.15, 0.2) is 0 Å². The van der Waals surface area contributed by atoms with Gasteiger partial charge in [0.25, 0.3) is 0 Å².